The average Bonchev–Trinajstić information content (AvgIpc) is 2.58. The molecule has 24 heavy (non-hydrogen) atoms. The Labute approximate surface area is 146 Å². The van der Waals surface area contributed by atoms with Crippen molar-refractivity contribution >= 4 is 11.4 Å². The van der Waals surface area contributed by atoms with Gasteiger partial charge in [-0.1, -0.05) is 24.3 Å². The van der Waals surface area contributed by atoms with Crippen LogP contribution in [0.25, 0.3) is 0 Å². The van der Waals surface area contributed by atoms with Gasteiger partial charge in [0.1, 0.15) is 6.54 Å². The summed E-state index contributed by atoms with van der Waals surface area (Å²) in [5.74, 6) is 0. The van der Waals surface area contributed by atoms with Crippen molar-refractivity contribution in [1.29, 1.82) is 0 Å². The van der Waals surface area contributed by atoms with Gasteiger partial charge >= 0.3 is 0 Å². The zero-order chi connectivity index (χ0) is 17.1. The van der Waals surface area contributed by atoms with E-state index in [4.69, 9.17) is 0 Å². The summed E-state index contributed by atoms with van der Waals surface area (Å²) in [7, 11) is 4.18. The molecule has 1 N–H and O–H groups in total. The fourth-order valence-electron chi connectivity index (χ4n) is 3.50. The van der Waals surface area contributed by atoms with Crippen LogP contribution in [0.3, 0.4) is 0 Å². The van der Waals surface area contributed by atoms with Gasteiger partial charge in [0.15, 0.2) is 0 Å². The first kappa shape index (κ1) is 16.8. The van der Waals surface area contributed by atoms with Crippen LogP contribution < -0.4 is 14.7 Å². The van der Waals surface area contributed by atoms with E-state index in [1.165, 1.54) is 41.2 Å². The number of nitrogens with one attached hydrogen (secondary N) is 1. The minimum absolute atomic E-state index is 1.13. The number of quaternary nitrogens is 1. The second-order valence-electron chi connectivity index (χ2n) is 7.26. The maximum atomic E-state index is 2.56. The fourth-order valence-corrected chi connectivity index (χ4v) is 3.50. The molecule has 0 spiro atoms. The van der Waals surface area contributed by atoms with E-state index in [9.17, 15) is 0 Å². The SMILES string of the molecule is Cc1ccc(C)c(N2CC[NH+](Cc3ccc(N(C)C)cc3)CC2)c1. The highest BCUT2D eigenvalue weighted by molar-refractivity contribution is 5.55. The second kappa shape index (κ2) is 7.27. The minimum atomic E-state index is 1.13. The van der Waals surface area contributed by atoms with Crippen molar-refractivity contribution in [1.82, 2.24) is 0 Å². The molecule has 3 rings (SSSR count). The van der Waals surface area contributed by atoms with E-state index in [1.807, 2.05) is 0 Å². The van der Waals surface area contributed by atoms with Crippen molar-refractivity contribution in [2.24, 2.45) is 0 Å². The topological polar surface area (TPSA) is 10.9 Å². The van der Waals surface area contributed by atoms with Crippen molar-refractivity contribution in [3.05, 3.63) is 59.2 Å². The molecule has 1 fully saturated rings. The molecular weight excluding hydrogens is 294 g/mol. The number of aryl methyl sites for hydroxylation is 2. The number of benzene rings is 2. The number of anilines is 2. The molecule has 0 amide bonds. The lowest BCUT2D eigenvalue weighted by Gasteiger charge is -2.34. The molecule has 3 nitrogen and oxygen atoms in total. The molecule has 0 unspecified atom stereocenters. The summed E-state index contributed by atoms with van der Waals surface area (Å²) < 4.78 is 0. The minimum Gasteiger partial charge on any atom is -0.378 e. The maximum Gasteiger partial charge on any atom is 0.103 e. The summed E-state index contributed by atoms with van der Waals surface area (Å²) in [5.41, 5.74) is 6.88. The Bertz CT molecular complexity index is 668. The smallest absolute Gasteiger partial charge is 0.103 e. The molecule has 0 radical (unpaired) electrons. The summed E-state index contributed by atoms with van der Waals surface area (Å²) in [6.07, 6.45) is 0. The van der Waals surface area contributed by atoms with E-state index >= 15 is 0 Å². The van der Waals surface area contributed by atoms with Gasteiger partial charge in [-0.25, -0.2) is 0 Å². The highest BCUT2D eigenvalue weighted by Gasteiger charge is 2.21. The van der Waals surface area contributed by atoms with Crippen LogP contribution in [-0.4, -0.2) is 40.3 Å². The monoisotopic (exact) mass is 324 g/mol. The predicted octanol–water partition coefficient (Wildman–Crippen LogP) is 2.27. The number of piperazine rings is 1. The van der Waals surface area contributed by atoms with Crippen LogP contribution in [0, 0.1) is 13.8 Å². The van der Waals surface area contributed by atoms with Crippen LogP contribution in [0.5, 0.6) is 0 Å². The first-order valence-electron chi connectivity index (χ1n) is 8.95. The van der Waals surface area contributed by atoms with Crippen molar-refractivity contribution in [3.63, 3.8) is 0 Å². The van der Waals surface area contributed by atoms with Crippen molar-refractivity contribution in [2.45, 2.75) is 20.4 Å². The fraction of sp³-hybridized carbons (Fsp3) is 0.429. The average molecular weight is 324 g/mol. The summed E-state index contributed by atoms with van der Waals surface area (Å²) in [6.45, 7) is 10.3. The van der Waals surface area contributed by atoms with Crippen molar-refractivity contribution < 1.29 is 4.90 Å². The number of hydrogen-bond acceptors (Lipinski definition) is 2. The lowest BCUT2D eigenvalue weighted by atomic mass is 10.1. The summed E-state index contributed by atoms with van der Waals surface area (Å²) in [5, 5.41) is 0. The van der Waals surface area contributed by atoms with Gasteiger partial charge < -0.3 is 14.7 Å². The molecule has 0 atom stereocenters. The van der Waals surface area contributed by atoms with Crippen molar-refractivity contribution in [3.8, 4) is 0 Å². The van der Waals surface area contributed by atoms with E-state index in [0.717, 1.165) is 19.6 Å². The van der Waals surface area contributed by atoms with Crippen LogP contribution >= 0.6 is 0 Å². The van der Waals surface area contributed by atoms with Crippen LogP contribution in [0.1, 0.15) is 16.7 Å². The van der Waals surface area contributed by atoms with Gasteiger partial charge in [0.2, 0.25) is 0 Å². The van der Waals surface area contributed by atoms with E-state index in [1.54, 1.807) is 4.90 Å². The zero-order valence-corrected chi connectivity index (χ0v) is 15.5. The summed E-state index contributed by atoms with van der Waals surface area (Å²) in [6, 6.07) is 15.8. The third kappa shape index (κ3) is 3.90. The first-order chi connectivity index (χ1) is 11.5. The number of nitrogens with zero attached hydrogens (tertiary/aromatic N) is 2. The maximum absolute atomic E-state index is 2.56. The van der Waals surface area contributed by atoms with E-state index < -0.39 is 0 Å². The van der Waals surface area contributed by atoms with Crippen LogP contribution in [0.15, 0.2) is 42.5 Å². The Morgan fingerprint density at radius 1 is 0.958 bits per heavy atom. The molecule has 2 aromatic carbocycles. The van der Waals surface area contributed by atoms with Crippen LogP contribution in [0.2, 0.25) is 0 Å². The zero-order valence-electron chi connectivity index (χ0n) is 15.5. The molecule has 1 saturated heterocycles. The van der Waals surface area contributed by atoms with Gasteiger partial charge in [-0.05, 0) is 43.2 Å². The van der Waals surface area contributed by atoms with Crippen LogP contribution in [0.4, 0.5) is 11.4 Å². The molecule has 1 aliphatic heterocycles. The molecular formula is C21H30N3+. The van der Waals surface area contributed by atoms with Crippen LogP contribution in [-0.2, 0) is 6.54 Å². The molecule has 0 bridgehead atoms. The molecule has 3 heteroatoms. The quantitative estimate of drug-likeness (QED) is 0.925. The van der Waals surface area contributed by atoms with E-state index in [-0.39, 0.29) is 0 Å². The summed E-state index contributed by atoms with van der Waals surface area (Å²) >= 11 is 0. The van der Waals surface area contributed by atoms with Crippen molar-refractivity contribution in [2.75, 3.05) is 50.1 Å². The Kier molecular flexibility index (Phi) is 5.10. The second-order valence-corrected chi connectivity index (χ2v) is 7.26. The molecule has 2 aromatic rings. The molecule has 1 aliphatic rings. The third-order valence-corrected chi connectivity index (χ3v) is 5.08. The molecule has 128 valence electrons. The van der Waals surface area contributed by atoms with Gasteiger partial charge in [0.05, 0.1) is 26.2 Å². The Morgan fingerprint density at radius 3 is 2.25 bits per heavy atom. The summed E-state index contributed by atoms with van der Waals surface area (Å²) in [4.78, 5) is 6.40. The van der Waals surface area contributed by atoms with Gasteiger partial charge in [0.25, 0.3) is 0 Å². The highest BCUT2D eigenvalue weighted by Crippen LogP contribution is 2.21. The molecule has 0 aromatic heterocycles. The van der Waals surface area contributed by atoms with Gasteiger partial charge in [-0.3, -0.25) is 0 Å². The largest absolute Gasteiger partial charge is 0.378 e. The van der Waals surface area contributed by atoms with Gasteiger partial charge in [-0.2, -0.15) is 0 Å². The Balaban J connectivity index is 1.58. The lowest BCUT2D eigenvalue weighted by Crippen LogP contribution is -3.13. The predicted molar refractivity (Wildman–Crippen MR) is 103 cm³/mol. The van der Waals surface area contributed by atoms with E-state index in [0.29, 0.717) is 0 Å². The lowest BCUT2D eigenvalue weighted by molar-refractivity contribution is -0.914. The first-order valence-corrected chi connectivity index (χ1v) is 8.95. The molecule has 0 saturated carbocycles. The number of hydrogen-bond donors (Lipinski definition) is 1. The van der Waals surface area contributed by atoms with Gasteiger partial charge in [0, 0.05) is 31.0 Å². The molecule has 0 aliphatic carbocycles. The number of rotatable bonds is 4. The molecule has 1 heterocycles. The normalized spacial score (nSPS) is 15.6. The third-order valence-electron chi connectivity index (χ3n) is 5.08. The Morgan fingerprint density at radius 2 is 1.62 bits per heavy atom. The standard InChI is InChI=1S/C21H29N3/c1-17-5-6-18(2)21(15-17)24-13-11-23(12-14-24)16-19-7-9-20(10-8-19)22(3)4/h5-10,15H,11-14,16H2,1-4H3/p+1. The van der Waals surface area contributed by atoms with E-state index in [2.05, 4.69) is 80.2 Å². The Hall–Kier alpha value is -2.00. The van der Waals surface area contributed by atoms with Gasteiger partial charge in [-0.15, -0.1) is 0 Å². The highest BCUT2D eigenvalue weighted by atomic mass is 15.3.